The topological polar surface area (TPSA) is 33.6 Å². The molecule has 1 N–H and O–H groups in total. The van der Waals surface area contributed by atoms with Crippen LogP contribution >= 0.6 is 0 Å². The molecule has 3 heteroatoms. The second-order valence-corrected chi connectivity index (χ2v) is 5.20. The number of amidine groups is 1. The largest absolute Gasteiger partial charge is 0.463 e. The highest BCUT2D eigenvalue weighted by Gasteiger charge is 2.19. The van der Waals surface area contributed by atoms with Gasteiger partial charge in [-0.1, -0.05) is 6.07 Å². The smallest absolute Gasteiger partial charge is 0.289 e. The molecule has 3 rings (SSSR count). The van der Waals surface area contributed by atoms with Gasteiger partial charge in [-0.05, 0) is 61.8 Å². The maximum absolute atomic E-state index is 5.48. The minimum absolute atomic E-state index is 0.691. The standard InChI is InChI=1S/C15H20N2O/c1-10-9-12-5-3-4-6-13(12)14(11(10)2)17-15-16-7-8-18-15/h9H,3-8H2,1-2H3,(H,16,17). The summed E-state index contributed by atoms with van der Waals surface area (Å²) in [6.07, 6.45) is 4.98. The van der Waals surface area contributed by atoms with E-state index < -0.39 is 0 Å². The normalized spacial score (nSPS) is 18.0. The van der Waals surface area contributed by atoms with Crippen molar-refractivity contribution in [1.82, 2.24) is 0 Å². The molecule has 2 aliphatic rings. The number of hydrogen-bond acceptors (Lipinski definition) is 3. The van der Waals surface area contributed by atoms with Gasteiger partial charge in [-0.15, -0.1) is 0 Å². The van der Waals surface area contributed by atoms with Crippen molar-refractivity contribution in [3.05, 3.63) is 28.3 Å². The van der Waals surface area contributed by atoms with Crippen molar-refractivity contribution in [2.24, 2.45) is 4.99 Å². The molecule has 0 saturated carbocycles. The van der Waals surface area contributed by atoms with E-state index in [1.165, 1.54) is 53.6 Å². The molecular weight excluding hydrogens is 224 g/mol. The van der Waals surface area contributed by atoms with E-state index in [2.05, 4.69) is 30.2 Å². The molecule has 1 heterocycles. The SMILES string of the molecule is Cc1cc2c(c(NC3=NCCO3)c1C)CCCC2. The summed E-state index contributed by atoms with van der Waals surface area (Å²) in [7, 11) is 0. The van der Waals surface area contributed by atoms with Crippen molar-refractivity contribution in [1.29, 1.82) is 0 Å². The highest BCUT2D eigenvalue weighted by Crippen LogP contribution is 2.33. The second-order valence-electron chi connectivity index (χ2n) is 5.20. The third-order valence-corrected chi connectivity index (χ3v) is 3.99. The predicted molar refractivity (Wildman–Crippen MR) is 74.4 cm³/mol. The Bertz CT molecular complexity index is 506. The molecule has 1 aliphatic heterocycles. The van der Waals surface area contributed by atoms with Crippen LogP contribution in [0.2, 0.25) is 0 Å². The average Bonchev–Trinajstić information content (AvgIpc) is 2.88. The maximum Gasteiger partial charge on any atom is 0.289 e. The van der Waals surface area contributed by atoms with Gasteiger partial charge in [0.1, 0.15) is 6.61 Å². The minimum atomic E-state index is 0.691. The fourth-order valence-electron chi connectivity index (χ4n) is 2.85. The molecule has 0 unspecified atom stereocenters. The summed E-state index contributed by atoms with van der Waals surface area (Å²) < 4.78 is 5.48. The van der Waals surface area contributed by atoms with Crippen molar-refractivity contribution in [3.8, 4) is 0 Å². The number of ether oxygens (including phenoxy) is 1. The van der Waals surface area contributed by atoms with Crippen LogP contribution in [0.1, 0.15) is 35.1 Å². The molecule has 18 heavy (non-hydrogen) atoms. The summed E-state index contributed by atoms with van der Waals surface area (Å²) in [5, 5.41) is 3.41. The fourth-order valence-corrected chi connectivity index (χ4v) is 2.85. The summed E-state index contributed by atoms with van der Waals surface area (Å²) in [4.78, 5) is 4.33. The number of nitrogens with zero attached hydrogens (tertiary/aromatic N) is 1. The van der Waals surface area contributed by atoms with Gasteiger partial charge in [-0.25, -0.2) is 4.99 Å². The zero-order valence-electron chi connectivity index (χ0n) is 11.2. The van der Waals surface area contributed by atoms with Gasteiger partial charge < -0.3 is 10.1 Å². The minimum Gasteiger partial charge on any atom is -0.463 e. The molecule has 0 saturated heterocycles. The first-order chi connectivity index (χ1) is 8.75. The van der Waals surface area contributed by atoms with Crippen molar-refractivity contribution in [3.63, 3.8) is 0 Å². The Hall–Kier alpha value is -1.51. The van der Waals surface area contributed by atoms with Gasteiger partial charge in [0.15, 0.2) is 0 Å². The van der Waals surface area contributed by atoms with Crippen LogP contribution in [0.5, 0.6) is 0 Å². The Morgan fingerprint density at radius 2 is 2.06 bits per heavy atom. The van der Waals surface area contributed by atoms with Gasteiger partial charge >= 0.3 is 0 Å². The number of aryl methyl sites for hydroxylation is 2. The predicted octanol–water partition coefficient (Wildman–Crippen LogP) is 2.98. The average molecular weight is 244 g/mol. The first-order valence-electron chi connectivity index (χ1n) is 6.82. The van der Waals surface area contributed by atoms with Gasteiger partial charge in [-0.2, -0.15) is 0 Å². The van der Waals surface area contributed by atoms with Crippen LogP contribution in [0.15, 0.2) is 11.1 Å². The van der Waals surface area contributed by atoms with E-state index in [9.17, 15) is 0 Å². The fraction of sp³-hybridized carbons (Fsp3) is 0.533. The van der Waals surface area contributed by atoms with Crippen LogP contribution in [-0.4, -0.2) is 19.2 Å². The van der Waals surface area contributed by atoms with Gasteiger partial charge in [0.25, 0.3) is 6.02 Å². The molecule has 1 aromatic carbocycles. The summed E-state index contributed by atoms with van der Waals surface area (Å²) in [5.74, 6) is 0. The van der Waals surface area contributed by atoms with Gasteiger partial charge in [0.2, 0.25) is 0 Å². The Balaban J connectivity index is 2.02. The van der Waals surface area contributed by atoms with Gasteiger partial charge in [0.05, 0.1) is 6.54 Å². The molecule has 1 aliphatic carbocycles. The molecule has 0 radical (unpaired) electrons. The second kappa shape index (κ2) is 4.63. The highest BCUT2D eigenvalue weighted by atomic mass is 16.5. The summed E-state index contributed by atoms with van der Waals surface area (Å²) in [5.41, 5.74) is 6.91. The highest BCUT2D eigenvalue weighted by molar-refractivity contribution is 5.92. The Morgan fingerprint density at radius 1 is 1.22 bits per heavy atom. The lowest BCUT2D eigenvalue weighted by molar-refractivity contribution is 0.346. The first-order valence-corrected chi connectivity index (χ1v) is 6.82. The van der Waals surface area contributed by atoms with Crippen LogP contribution in [0.25, 0.3) is 0 Å². The van der Waals surface area contributed by atoms with E-state index >= 15 is 0 Å². The molecule has 0 amide bonds. The lowest BCUT2D eigenvalue weighted by Crippen LogP contribution is -2.17. The van der Waals surface area contributed by atoms with E-state index in [0.717, 1.165) is 6.54 Å². The number of anilines is 1. The van der Waals surface area contributed by atoms with Crippen molar-refractivity contribution in [2.75, 3.05) is 18.5 Å². The van der Waals surface area contributed by atoms with Crippen LogP contribution < -0.4 is 5.32 Å². The number of hydrogen-bond donors (Lipinski definition) is 1. The van der Waals surface area contributed by atoms with Crippen molar-refractivity contribution >= 4 is 11.7 Å². The maximum atomic E-state index is 5.48. The number of aliphatic imine (C=N–C) groups is 1. The number of benzene rings is 1. The summed E-state index contributed by atoms with van der Waals surface area (Å²) in [6, 6.07) is 3.04. The first kappa shape index (κ1) is 11.6. The zero-order chi connectivity index (χ0) is 12.5. The number of nitrogens with one attached hydrogen (secondary N) is 1. The quantitative estimate of drug-likeness (QED) is 0.824. The molecule has 0 bridgehead atoms. The molecule has 1 aromatic rings. The van der Waals surface area contributed by atoms with E-state index in [1.807, 2.05) is 0 Å². The monoisotopic (exact) mass is 244 g/mol. The lowest BCUT2D eigenvalue weighted by Gasteiger charge is -2.23. The van der Waals surface area contributed by atoms with Crippen molar-refractivity contribution in [2.45, 2.75) is 39.5 Å². The third kappa shape index (κ3) is 1.98. The van der Waals surface area contributed by atoms with E-state index in [1.54, 1.807) is 0 Å². The molecule has 0 aromatic heterocycles. The van der Waals surface area contributed by atoms with Gasteiger partial charge in [0, 0.05) is 5.69 Å². The number of fused-ring (bicyclic) bond motifs is 1. The Morgan fingerprint density at radius 3 is 2.83 bits per heavy atom. The van der Waals surface area contributed by atoms with Gasteiger partial charge in [-0.3, -0.25) is 0 Å². The van der Waals surface area contributed by atoms with Crippen molar-refractivity contribution < 1.29 is 4.74 Å². The van der Waals surface area contributed by atoms with Crippen LogP contribution in [0.4, 0.5) is 5.69 Å². The van der Waals surface area contributed by atoms with E-state index in [4.69, 9.17) is 4.74 Å². The Labute approximate surface area is 108 Å². The lowest BCUT2D eigenvalue weighted by atomic mass is 9.87. The molecular formula is C15H20N2O. The van der Waals surface area contributed by atoms with Crippen LogP contribution in [0, 0.1) is 13.8 Å². The third-order valence-electron chi connectivity index (χ3n) is 3.99. The van der Waals surface area contributed by atoms with E-state index in [-0.39, 0.29) is 0 Å². The molecule has 0 spiro atoms. The summed E-state index contributed by atoms with van der Waals surface area (Å²) in [6.45, 7) is 5.85. The Kier molecular flexibility index (Phi) is 2.98. The zero-order valence-corrected chi connectivity index (χ0v) is 11.2. The van der Waals surface area contributed by atoms with E-state index in [0.29, 0.717) is 12.6 Å². The molecule has 3 nitrogen and oxygen atoms in total. The number of rotatable bonds is 1. The summed E-state index contributed by atoms with van der Waals surface area (Å²) >= 11 is 0. The van der Waals surface area contributed by atoms with Crippen LogP contribution in [-0.2, 0) is 17.6 Å². The van der Waals surface area contributed by atoms with Crippen LogP contribution in [0.3, 0.4) is 0 Å². The molecule has 96 valence electrons. The molecule has 0 fully saturated rings. The molecule has 0 atom stereocenters.